The lowest BCUT2D eigenvalue weighted by Crippen LogP contribution is -2.34. The van der Waals surface area contributed by atoms with Crippen LogP contribution < -0.4 is 4.90 Å². The van der Waals surface area contributed by atoms with E-state index < -0.39 is 0 Å². The second-order valence-electron chi connectivity index (χ2n) is 7.93. The molecule has 0 atom stereocenters. The van der Waals surface area contributed by atoms with Gasteiger partial charge in [0.05, 0.1) is 12.1 Å². The Balaban J connectivity index is 1.69. The molecule has 6 heteroatoms. The summed E-state index contributed by atoms with van der Waals surface area (Å²) >= 11 is 0. The van der Waals surface area contributed by atoms with Crippen molar-refractivity contribution < 1.29 is 13.7 Å². The first kappa shape index (κ1) is 19.0. The van der Waals surface area contributed by atoms with Gasteiger partial charge in [-0.15, -0.1) is 0 Å². The van der Waals surface area contributed by atoms with Crippen molar-refractivity contribution in [2.24, 2.45) is 11.8 Å². The molecule has 0 unspecified atom stereocenters. The van der Waals surface area contributed by atoms with Crippen LogP contribution in [0.3, 0.4) is 0 Å². The summed E-state index contributed by atoms with van der Waals surface area (Å²) in [6.07, 6.45) is 4.40. The van der Waals surface area contributed by atoms with Crippen LogP contribution in [-0.4, -0.2) is 35.6 Å². The summed E-state index contributed by atoms with van der Waals surface area (Å²) in [7, 11) is 0. The SMILES string of the molecule is CCN(CC)c1onc(-c2ccc(F)cc2)c1CN(CC1CC1)C(=O)C1CC1. The van der Waals surface area contributed by atoms with Gasteiger partial charge in [-0.1, -0.05) is 5.16 Å². The molecule has 0 bridgehead atoms. The van der Waals surface area contributed by atoms with Crippen molar-refractivity contribution in [2.75, 3.05) is 24.5 Å². The van der Waals surface area contributed by atoms with Gasteiger partial charge >= 0.3 is 0 Å². The number of nitrogens with zero attached hydrogens (tertiary/aromatic N) is 3. The van der Waals surface area contributed by atoms with E-state index >= 15 is 0 Å². The van der Waals surface area contributed by atoms with Gasteiger partial charge in [-0.2, -0.15) is 0 Å². The van der Waals surface area contributed by atoms with Crippen molar-refractivity contribution in [1.29, 1.82) is 0 Å². The van der Waals surface area contributed by atoms with Crippen LogP contribution in [0.4, 0.5) is 10.3 Å². The maximum Gasteiger partial charge on any atom is 0.232 e. The minimum absolute atomic E-state index is 0.185. The molecule has 2 aliphatic rings. The van der Waals surface area contributed by atoms with Gasteiger partial charge in [-0.05, 0) is 69.7 Å². The van der Waals surface area contributed by atoms with Gasteiger partial charge in [-0.3, -0.25) is 4.79 Å². The third kappa shape index (κ3) is 4.05. The van der Waals surface area contributed by atoms with E-state index in [4.69, 9.17) is 4.52 Å². The monoisotopic (exact) mass is 385 g/mol. The fraction of sp³-hybridized carbons (Fsp3) is 0.545. The van der Waals surface area contributed by atoms with E-state index in [9.17, 15) is 9.18 Å². The maximum absolute atomic E-state index is 13.4. The first-order chi connectivity index (χ1) is 13.6. The number of aromatic nitrogens is 1. The molecule has 2 aromatic rings. The molecule has 2 saturated carbocycles. The average Bonchev–Trinajstić information content (AvgIpc) is 3.62. The molecular weight excluding hydrogens is 357 g/mol. The van der Waals surface area contributed by atoms with Gasteiger partial charge in [0.2, 0.25) is 11.8 Å². The van der Waals surface area contributed by atoms with Gasteiger partial charge < -0.3 is 14.3 Å². The van der Waals surface area contributed by atoms with Crippen molar-refractivity contribution in [3.8, 4) is 11.3 Å². The highest BCUT2D eigenvalue weighted by Crippen LogP contribution is 2.38. The molecule has 5 nitrogen and oxygen atoms in total. The average molecular weight is 385 g/mol. The van der Waals surface area contributed by atoms with Crippen LogP contribution in [0, 0.1) is 17.7 Å². The molecular formula is C22H28FN3O2. The quantitative estimate of drug-likeness (QED) is 0.639. The number of halogens is 1. The lowest BCUT2D eigenvalue weighted by molar-refractivity contribution is -0.133. The lowest BCUT2D eigenvalue weighted by atomic mass is 10.1. The molecule has 28 heavy (non-hydrogen) atoms. The maximum atomic E-state index is 13.4. The number of rotatable bonds is 9. The first-order valence-electron chi connectivity index (χ1n) is 10.4. The van der Waals surface area contributed by atoms with E-state index in [1.54, 1.807) is 12.1 Å². The van der Waals surface area contributed by atoms with E-state index in [1.807, 2.05) is 4.90 Å². The molecule has 1 heterocycles. The van der Waals surface area contributed by atoms with E-state index in [0.717, 1.165) is 43.6 Å². The molecule has 0 radical (unpaired) electrons. The highest BCUT2D eigenvalue weighted by Gasteiger charge is 2.37. The fourth-order valence-electron chi connectivity index (χ4n) is 3.66. The lowest BCUT2D eigenvalue weighted by Gasteiger charge is -2.25. The Morgan fingerprint density at radius 2 is 1.82 bits per heavy atom. The minimum atomic E-state index is -0.281. The molecule has 0 N–H and O–H groups in total. The molecule has 0 spiro atoms. The Hall–Kier alpha value is -2.37. The van der Waals surface area contributed by atoms with Crippen LogP contribution in [0.2, 0.25) is 0 Å². The van der Waals surface area contributed by atoms with Crippen LogP contribution in [0.1, 0.15) is 45.1 Å². The number of amides is 1. The van der Waals surface area contributed by atoms with Crippen molar-refractivity contribution in [2.45, 2.75) is 46.1 Å². The van der Waals surface area contributed by atoms with Gasteiger partial charge in [0, 0.05) is 31.1 Å². The van der Waals surface area contributed by atoms with Crippen molar-refractivity contribution in [3.63, 3.8) is 0 Å². The second-order valence-corrected chi connectivity index (χ2v) is 7.93. The predicted molar refractivity (Wildman–Crippen MR) is 106 cm³/mol. The predicted octanol–water partition coefficient (Wildman–Crippen LogP) is 4.48. The van der Waals surface area contributed by atoms with E-state index in [1.165, 1.54) is 25.0 Å². The van der Waals surface area contributed by atoms with Crippen molar-refractivity contribution in [1.82, 2.24) is 10.1 Å². The number of carbonyl (C=O) groups is 1. The number of carbonyl (C=O) groups excluding carboxylic acids is 1. The van der Waals surface area contributed by atoms with Crippen LogP contribution in [-0.2, 0) is 11.3 Å². The Labute approximate surface area is 165 Å². The molecule has 2 aliphatic carbocycles. The van der Waals surface area contributed by atoms with Crippen LogP contribution >= 0.6 is 0 Å². The number of hydrogen-bond acceptors (Lipinski definition) is 4. The molecule has 150 valence electrons. The molecule has 0 aliphatic heterocycles. The van der Waals surface area contributed by atoms with Crippen molar-refractivity contribution in [3.05, 3.63) is 35.6 Å². The smallest absolute Gasteiger partial charge is 0.232 e. The molecule has 1 amide bonds. The summed E-state index contributed by atoms with van der Waals surface area (Å²) in [6, 6.07) is 6.30. The highest BCUT2D eigenvalue weighted by atomic mass is 19.1. The van der Waals surface area contributed by atoms with Crippen LogP contribution in [0.15, 0.2) is 28.8 Å². The zero-order valence-electron chi connectivity index (χ0n) is 16.7. The highest BCUT2D eigenvalue weighted by molar-refractivity contribution is 5.81. The first-order valence-corrected chi connectivity index (χ1v) is 10.4. The largest absolute Gasteiger partial charge is 0.341 e. The Bertz CT molecular complexity index is 821. The van der Waals surface area contributed by atoms with E-state index in [0.29, 0.717) is 24.0 Å². The number of benzene rings is 1. The normalized spacial score (nSPS) is 16.2. The van der Waals surface area contributed by atoms with Crippen LogP contribution in [0.25, 0.3) is 11.3 Å². The Morgan fingerprint density at radius 3 is 2.39 bits per heavy atom. The zero-order chi connectivity index (χ0) is 19.7. The fourth-order valence-corrected chi connectivity index (χ4v) is 3.66. The van der Waals surface area contributed by atoms with Gasteiger partial charge in [-0.25, -0.2) is 4.39 Å². The minimum Gasteiger partial charge on any atom is -0.341 e. The van der Waals surface area contributed by atoms with Crippen LogP contribution in [0.5, 0.6) is 0 Å². The Kier molecular flexibility index (Phi) is 5.38. The number of anilines is 1. The summed E-state index contributed by atoms with van der Waals surface area (Å²) in [5, 5.41) is 4.32. The van der Waals surface area contributed by atoms with E-state index in [-0.39, 0.29) is 17.6 Å². The molecule has 4 rings (SSSR count). The van der Waals surface area contributed by atoms with Gasteiger partial charge in [0.25, 0.3) is 0 Å². The summed E-state index contributed by atoms with van der Waals surface area (Å²) in [5.41, 5.74) is 2.43. The number of hydrogen-bond donors (Lipinski definition) is 0. The standard InChI is InChI=1S/C22H28FN3O2/c1-3-25(4-2)22-19(20(24-28-22)16-9-11-18(23)12-10-16)14-26(13-15-5-6-15)21(27)17-7-8-17/h9-12,15,17H,3-8,13-14H2,1-2H3. The molecule has 1 aromatic carbocycles. The third-order valence-corrected chi connectivity index (χ3v) is 5.70. The van der Waals surface area contributed by atoms with E-state index in [2.05, 4.69) is 23.9 Å². The summed E-state index contributed by atoms with van der Waals surface area (Å²) < 4.78 is 19.1. The summed E-state index contributed by atoms with van der Waals surface area (Å²) in [6.45, 7) is 7.03. The van der Waals surface area contributed by atoms with Crippen molar-refractivity contribution >= 4 is 11.8 Å². The zero-order valence-corrected chi connectivity index (χ0v) is 16.7. The Morgan fingerprint density at radius 1 is 1.14 bits per heavy atom. The van der Waals surface area contributed by atoms with Gasteiger partial charge in [0.1, 0.15) is 11.5 Å². The summed E-state index contributed by atoms with van der Waals surface area (Å²) in [4.78, 5) is 17.0. The third-order valence-electron chi connectivity index (χ3n) is 5.70. The van der Waals surface area contributed by atoms with Gasteiger partial charge in [0.15, 0.2) is 0 Å². The molecule has 1 aromatic heterocycles. The molecule has 0 saturated heterocycles. The molecule has 2 fully saturated rings. The topological polar surface area (TPSA) is 49.6 Å². The second kappa shape index (κ2) is 7.94. The summed E-state index contributed by atoms with van der Waals surface area (Å²) in [5.74, 6) is 1.49.